The fraction of sp³-hybridized carbons (Fsp3) is 0.353. The van der Waals surface area contributed by atoms with Crippen molar-refractivity contribution in [2.45, 2.75) is 32.4 Å². The molecule has 2 aromatic heterocycles. The van der Waals surface area contributed by atoms with Crippen LogP contribution < -0.4 is 10.9 Å². The molecule has 0 aliphatic heterocycles. The maximum atomic E-state index is 12.3. The number of nitrogens with zero attached hydrogens (tertiary/aromatic N) is 3. The zero-order chi connectivity index (χ0) is 17.3. The Bertz CT molecular complexity index is 893. The quantitative estimate of drug-likeness (QED) is 0.681. The highest BCUT2D eigenvalue weighted by atomic mass is 16.3. The summed E-state index contributed by atoms with van der Waals surface area (Å²) in [5.41, 5.74) is 0.864. The van der Waals surface area contributed by atoms with Crippen LogP contribution in [0.3, 0.4) is 0 Å². The molecule has 0 radical (unpaired) electrons. The highest BCUT2D eigenvalue weighted by Gasteiger charge is 2.20. The molecule has 0 bridgehead atoms. The van der Waals surface area contributed by atoms with E-state index in [0.717, 1.165) is 5.56 Å². The monoisotopic (exact) mass is 327 g/mol. The largest absolute Gasteiger partial charge is 0.394 e. The number of rotatable bonds is 4. The zero-order valence-corrected chi connectivity index (χ0v) is 13.9. The van der Waals surface area contributed by atoms with Crippen LogP contribution in [-0.4, -0.2) is 31.5 Å². The van der Waals surface area contributed by atoms with Crippen molar-refractivity contribution in [3.8, 4) is 0 Å². The van der Waals surface area contributed by atoms with Gasteiger partial charge in [0.1, 0.15) is 5.39 Å². The Morgan fingerprint density at radius 3 is 2.62 bits per heavy atom. The number of H-pyrrole nitrogens is 1. The number of aliphatic hydroxyl groups excluding tert-OH is 1. The number of aromatic amines is 1. The maximum Gasteiger partial charge on any atom is 0.263 e. The number of aliphatic hydroxyl groups is 1. The smallest absolute Gasteiger partial charge is 0.263 e. The molecule has 0 saturated heterocycles. The lowest BCUT2D eigenvalue weighted by Crippen LogP contribution is -2.25. The average Bonchev–Trinajstić information content (AvgIpc) is 2.98. The van der Waals surface area contributed by atoms with Crippen molar-refractivity contribution < 1.29 is 5.11 Å². The summed E-state index contributed by atoms with van der Waals surface area (Å²) in [4.78, 5) is 19.5. The molecular weight excluding hydrogens is 306 g/mol. The number of hydrogen-bond acceptors (Lipinski definition) is 5. The fourth-order valence-corrected chi connectivity index (χ4v) is 2.56. The van der Waals surface area contributed by atoms with Gasteiger partial charge in [-0.25, -0.2) is 4.68 Å². The molecule has 0 spiro atoms. The number of hydrogen-bond donors (Lipinski definition) is 3. The molecule has 0 fully saturated rings. The number of nitrogens with one attached hydrogen (secondary N) is 2. The van der Waals surface area contributed by atoms with Gasteiger partial charge in [-0.1, -0.05) is 30.3 Å². The maximum absolute atomic E-state index is 12.3. The zero-order valence-electron chi connectivity index (χ0n) is 13.9. The van der Waals surface area contributed by atoms with Gasteiger partial charge in [-0.15, -0.1) is 0 Å². The van der Waals surface area contributed by atoms with Crippen molar-refractivity contribution in [3.63, 3.8) is 0 Å². The van der Waals surface area contributed by atoms with Crippen molar-refractivity contribution in [1.82, 2.24) is 19.7 Å². The summed E-state index contributed by atoms with van der Waals surface area (Å²) in [6.07, 6.45) is 1.52. The van der Waals surface area contributed by atoms with E-state index in [1.165, 1.54) is 6.20 Å². The Balaban J connectivity index is 2.02. The van der Waals surface area contributed by atoms with Crippen molar-refractivity contribution in [2.24, 2.45) is 0 Å². The summed E-state index contributed by atoms with van der Waals surface area (Å²) in [7, 11) is 0. The average molecular weight is 327 g/mol. The van der Waals surface area contributed by atoms with E-state index in [-0.39, 0.29) is 23.7 Å². The van der Waals surface area contributed by atoms with Crippen molar-refractivity contribution in [3.05, 3.63) is 52.4 Å². The van der Waals surface area contributed by atoms with Gasteiger partial charge in [-0.2, -0.15) is 10.1 Å². The van der Waals surface area contributed by atoms with Crippen LogP contribution in [0.5, 0.6) is 0 Å². The first-order chi connectivity index (χ1) is 11.4. The third-order valence-electron chi connectivity index (χ3n) is 3.77. The molecule has 3 rings (SSSR count). The summed E-state index contributed by atoms with van der Waals surface area (Å²) in [5, 5.41) is 17.5. The van der Waals surface area contributed by atoms with E-state index in [1.54, 1.807) is 4.68 Å². The lowest BCUT2D eigenvalue weighted by atomic mass is 10.1. The second-order valence-corrected chi connectivity index (χ2v) is 6.67. The normalized spacial score (nSPS) is 13.2. The molecule has 3 N–H and O–H groups in total. The van der Waals surface area contributed by atoms with Gasteiger partial charge in [0.05, 0.1) is 24.4 Å². The van der Waals surface area contributed by atoms with Gasteiger partial charge < -0.3 is 10.4 Å². The highest BCUT2D eigenvalue weighted by molar-refractivity contribution is 5.74. The van der Waals surface area contributed by atoms with Gasteiger partial charge in [0.2, 0.25) is 5.95 Å². The number of anilines is 1. The first-order valence-corrected chi connectivity index (χ1v) is 7.81. The van der Waals surface area contributed by atoms with E-state index in [2.05, 4.69) is 20.4 Å². The summed E-state index contributed by atoms with van der Waals surface area (Å²) in [6, 6.07) is 9.15. The lowest BCUT2D eigenvalue weighted by molar-refractivity contribution is 0.276. The van der Waals surface area contributed by atoms with Gasteiger partial charge >= 0.3 is 0 Å². The fourth-order valence-electron chi connectivity index (χ4n) is 2.56. The SMILES string of the molecule is CC(C)(C)n1ncc2c(=O)[nH]c(NC(CO)c3ccccc3)nc21. The minimum absolute atomic E-state index is 0.121. The molecule has 0 saturated carbocycles. The Hall–Kier alpha value is -2.67. The molecule has 2 heterocycles. The Morgan fingerprint density at radius 2 is 2.00 bits per heavy atom. The van der Waals surface area contributed by atoms with E-state index in [0.29, 0.717) is 17.0 Å². The number of aromatic nitrogens is 4. The number of fused-ring (bicyclic) bond motifs is 1. The molecule has 1 aromatic carbocycles. The molecule has 0 aliphatic carbocycles. The van der Waals surface area contributed by atoms with E-state index in [4.69, 9.17) is 0 Å². The molecule has 126 valence electrons. The third kappa shape index (κ3) is 3.03. The van der Waals surface area contributed by atoms with Crippen LogP contribution in [0.1, 0.15) is 32.4 Å². The molecule has 3 aromatic rings. The van der Waals surface area contributed by atoms with Crippen molar-refractivity contribution in [1.29, 1.82) is 0 Å². The Morgan fingerprint density at radius 1 is 1.29 bits per heavy atom. The molecule has 24 heavy (non-hydrogen) atoms. The standard InChI is InChI=1S/C17H21N5O2/c1-17(2,3)22-14-12(9-18-22)15(24)21-16(20-14)19-13(10-23)11-7-5-4-6-8-11/h4-9,13,23H,10H2,1-3H3,(H2,19,20,21,24). The van der Waals surface area contributed by atoms with Crippen LogP contribution in [0.2, 0.25) is 0 Å². The van der Waals surface area contributed by atoms with E-state index in [1.807, 2.05) is 51.1 Å². The minimum Gasteiger partial charge on any atom is -0.394 e. The van der Waals surface area contributed by atoms with Crippen molar-refractivity contribution >= 4 is 17.0 Å². The van der Waals surface area contributed by atoms with Crippen LogP contribution >= 0.6 is 0 Å². The molecule has 1 unspecified atom stereocenters. The van der Waals surface area contributed by atoms with Crippen LogP contribution in [0.4, 0.5) is 5.95 Å². The second kappa shape index (κ2) is 6.09. The van der Waals surface area contributed by atoms with Gasteiger partial charge in [0.15, 0.2) is 5.65 Å². The summed E-state index contributed by atoms with van der Waals surface area (Å²) < 4.78 is 1.72. The summed E-state index contributed by atoms with van der Waals surface area (Å²) in [6.45, 7) is 5.87. The van der Waals surface area contributed by atoms with Crippen LogP contribution in [0.25, 0.3) is 11.0 Å². The van der Waals surface area contributed by atoms with Gasteiger partial charge in [-0.05, 0) is 26.3 Å². The minimum atomic E-state index is -0.363. The molecule has 1 atom stereocenters. The van der Waals surface area contributed by atoms with Crippen molar-refractivity contribution in [2.75, 3.05) is 11.9 Å². The molecule has 0 amide bonds. The highest BCUT2D eigenvalue weighted by Crippen LogP contribution is 2.20. The van der Waals surface area contributed by atoms with E-state index < -0.39 is 0 Å². The predicted molar refractivity (Wildman–Crippen MR) is 93.0 cm³/mol. The lowest BCUT2D eigenvalue weighted by Gasteiger charge is -2.20. The molecule has 7 nitrogen and oxygen atoms in total. The molecular formula is C17H21N5O2. The van der Waals surface area contributed by atoms with Gasteiger partial charge in [0.25, 0.3) is 5.56 Å². The third-order valence-corrected chi connectivity index (χ3v) is 3.77. The van der Waals surface area contributed by atoms with Gasteiger partial charge in [0, 0.05) is 0 Å². The Labute approximate surface area is 139 Å². The van der Waals surface area contributed by atoms with Crippen LogP contribution in [-0.2, 0) is 5.54 Å². The number of benzene rings is 1. The van der Waals surface area contributed by atoms with Gasteiger partial charge in [-0.3, -0.25) is 9.78 Å². The molecule has 0 aliphatic rings. The summed E-state index contributed by atoms with van der Waals surface area (Å²) in [5.74, 6) is 0.307. The van der Waals surface area contributed by atoms with Crippen LogP contribution in [0, 0.1) is 0 Å². The second-order valence-electron chi connectivity index (χ2n) is 6.67. The predicted octanol–water partition coefficient (Wildman–Crippen LogP) is 2.02. The first kappa shape index (κ1) is 16.2. The summed E-state index contributed by atoms with van der Waals surface area (Å²) >= 11 is 0. The topological polar surface area (TPSA) is 95.8 Å². The van der Waals surface area contributed by atoms with E-state index in [9.17, 15) is 9.90 Å². The Kier molecular flexibility index (Phi) is 4.11. The first-order valence-electron chi connectivity index (χ1n) is 7.81. The molecule has 7 heteroatoms. The van der Waals surface area contributed by atoms with E-state index >= 15 is 0 Å². The van der Waals surface area contributed by atoms with Crippen LogP contribution in [0.15, 0.2) is 41.3 Å².